The van der Waals surface area contributed by atoms with Crippen molar-refractivity contribution in [1.29, 1.82) is 0 Å². The second-order valence-electron chi connectivity index (χ2n) is 4.19. The Hall–Kier alpha value is -0.700. The third-order valence-electron chi connectivity index (χ3n) is 3.15. The van der Waals surface area contributed by atoms with E-state index in [1.807, 2.05) is 13.0 Å². The predicted octanol–water partition coefficient (Wildman–Crippen LogP) is 2.81. The molecule has 3 heteroatoms. The third kappa shape index (κ3) is 2.12. The van der Waals surface area contributed by atoms with E-state index in [-0.39, 0.29) is 0 Å². The fraction of sp³-hybridized carbons (Fsp3) is 0.583. The lowest BCUT2D eigenvalue weighted by Gasteiger charge is -2.14. The van der Waals surface area contributed by atoms with Crippen LogP contribution in [0.4, 0.5) is 0 Å². The Kier molecular flexibility index (Phi) is 3.19. The maximum Gasteiger partial charge on any atom is 0.151 e. The van der Waals surface area contributed by atoms with Crippen molar-refractivity contribution in [2.24, 2.45) is 0 Å². The molecule has 2 rings (SSSR count). The number of hydrogen-bond acceptors (Lipinski definition) is 2. The van der Waals surface area contributed by atoms with Gasteiger partial charge in [0.25, 0.3) is 0 Å². The largest absolute Gasteiger partial charge is 0.347 e. The molecule has 0 amide bonds. The number of nitrogens with zero attached hydrogens (tertiary/aromatic N) is 1. The molecule has 1 atom stereocenters. The van der Waals surface area contributed by atoms with E-state index in [0.717, 1.165) is 29.3 Å². The first kappa shape index (κ1) is 10.8. The van der Waals surface area contributed by atoms with E-state index in [9.17, 15) is 4.79 Å². The minimum absolute atomic E-state index is 0.745. The van der Waals surface area contributed by atoms with E-state index in [2.05, 4.69) is 23.3 Å². The van der Waals surface area contributed by atoms with Gasteiger partial charge in [0, 0.05) is 28.7 Å². The number of carbonyl (C=O) groups is 1. The first-order valence-electron chi connectivity index (χ1n) is 5.46. The van der Waals surface area contributed by atoms with Gasteiger partial charge < -0.3 is 4.57 Å². The Morgan fingerprint density at radius 2 is 2.40 bits per heavy atom. The number of rotatable bonds is 3. The van der Waals surface area contributed by atoms with Gasteiger partial charge in [-0.3, -0.25) is 4.79 Å². The summed E-state index contributed by atoms with van der Waals surface area (Å²) < 4.78 is 2.28. The van der Waals surface area contributed by atoms with E-state index in [1.54, 1.807) is 0 Å². The number of carbonyl (C=O) groups excluding carboxylic acids is 1. The van der Waals surface area contributed by atoms with E-state index in [1.165, 1.54) is 24.3 Å². The van der Waals surface area contributed by atoms with E-state index in [4.69, 9.17) is 0 Å². The van der Waals surface area contributed by atoms with Gasteiger partial charge in [0.2, 0.25) is 0 Å². The molecule has 0 aliphatic carbocycles. The zero-order valence-electron chi connectivity index (χ0n) is 9.32. The van der Waals surface area contributed by atoms with Gasteiger partial charge in [0.1, 0.15) is 0 Å². The molecule has 0 radical (unpaired) electrons. The highest BCUT2D eigenvalue weighted by Crippen LogP contribution is 2.28. The van der Waals surface area contributed by atoms with E-state index < -0.39 is 0 Å². The zero-order valence-corrected chi connectivity index (χ0v) is 10.1. The van der Waals surface area contributed by atoms with Crippen LogP contribution in [0.25, 0.3) is 0 Å². The molecule has 0 bridgehead atoms. The highest BCUT2D eigenvalue weighted by Gasteiger charge is 2.18. The molecular formula is C12H17NOS. The normalized spacial score (nSPS) is 20.8. The molecule has 0 spiro atoms. The van der Waals surface area contributed by atoms with Crippen LogP contribution in [-0.2, 0) is 6.54 Å². The summed E-state index contributed by atoms with van der Waals surface area (Å²) in [4.78, 5) is 10.8. The first-order chi connectivity index (χ1) is 7.22. The molecule has 0 N–H and O–H groups in total. The van der Waals surface area contributed by atoms with Gasteiger partial charge in [-0.05, 0) is 38.5 Å². The van der Waals surface area contributed by atoms with E-state index in [0.29, 0.717) is 0 Å². The highest BCUT2D eigenvalue weighted by molar-refractivity contribution is 8.00. The van der Waals surface area contributed by atoms with Gasteiger partial charge in [0.05, 0.1) is 0 Å². The van der Waals surface area contributed by atoms with Gasteiger partial charge in [-0.2, -0.15) is 11.8 Å². The lowest BCUT2D eigenvalue weighted by Crippen LogP contribution is -2.12. The van der Waals surface area contributed by atoms with Crippen molar-refractivity contribution in [3.8, 4) is 0 Å². The zero-order chi connectivity index (χ0) is 10.8. The van der Waals surface area contributed by atoms with Crippen molar-refractivity contribution in [3.63, 3.8) is 0 Å². The van der Waals surface area contributed by atoms with Gasteiger partial charge in [0.15, 0.2) is 6.29 Å². The molecule has 1 aromatic rings. The Balaban J connectivity index is 2.19. The summed E-state index contributed by atoms with van der Waals surface area (Å²) in [6, 6.07) is 1.99. The molecule has 2 heterocycles. The lowest BCUT2D eigenvalue weighted by molar-refractivity contribution is 0.112. The summed E-state index contributed by atoms with van der Waals surface area (Å²) >= 11 is 2.06. The molecule has 0 aromatic carbocycles. The molecule has 1 aromatic heterocycles. The second kappa shape index (κ2) is 4.44. The second-order valence-corrected chi connectivity index (χ2v) is 5.60. The molecule has 1 unspecified atom stereocenters. The fourth-order valence-corrected chi connectivity index (χ4v) is 3.47. The first-order valence-corrected chi connectivity index (χ1v) is 6.50. The molecule has 1 saturated heterocycles. The molecule has 1 aliphatic heterocycles. The maximum atomic E-state index is 10.8. The number of aryl methyl sites for hydroxylation is 1. The average molecular weight is 223 g/mol. The van der Waals surface area contributed by atoms with Crippen LogP contribution in [0.5, 0.6) is 0 Å². The number of thioether (sulfide) groups is 1. The van der Waals surface area contributed by atoms with Gasteiger partial charge in [-0.1, -0.05) is 0 Å². The molecule has 2 nitrogen and oxygen atoms in total. The van der Waals surface area contributed by atoms with Crippen LogP contribution in [0, 0.1) is 13.8 Å². The van der Waals surface area contributed by atoms with Crippen molar-refractivity contribution in [3.05, 3.63) is 23.0 Å². The fourth-order valence-electron chi connectivity index (χ4n) is 2.22. The van der Waals surface area contributed by atoms with Gasteiger partial charge in [-0.25, -0.2) is 0 Å². The Morgan fingerprint density at radius 1 is 1.60 bits per heavy atom. The number of hydrogen-bond donors (Lipinski definition) is 0. The van der Waals surface area contributed by atoms with Crippen molar-refractivity contribution in [1.82, 2.24) is 4.57 Å². The standard InChI is InChI=1S/C12H17NOS/c1-9-6-11(8-14)10(2)13(9)7-12-4-3-5-15-12/h6,8,12H,3-5,7H2,1-2H3. The highest BCUT2D eigenvalue weighted by atomic mass is 32.2. The molecule has 82 valence electrons. The summed E-state index contributed by atoms with van der Waals surface area (Å²) in [7, 11) is 0. The summed E-state index contributed by atoms with van der Waals surface area (Å²) in [5, 5.41) is 0.745. The predicted molar refractivity (Wildman–Crippen MR) is 64.8 cm³/mol. The minimum Gasteiger partial charge on any atom is -0.347 e. The summed E-state index contributed by atoms with van der Waals surface area (Å²) in [5.74, 6) is 1.30. The number of aldehydes is 1. The Morgan fingerprint density at radius 3 is 2.93 bits per heavy atom. The number of aromatic nitrogens is 1. The Labute approximate surface area is 95.0 Å². The maximum absolute atomic E-state index is 10.8. The van der Waals surface area contributed by atoms with Crippen LogP contribution in [0.15, 0.2) is 6.07 Å². The topological polar surface area (TPSA) is 22.0 Å². The molecular weight excluding hydrogens is 206 g/mol. The van der Waals surface area contributed by atoms with Crippen LogP contribution < -0.4 is 0 Å². The van der Waals surface area contributed by atoms with Crippen LogP contribution in [-0.4, -0.2) is 21.9 Å². The average Bonchev–Trinajstić information content (AvgIpc) is 2.81. The smallest absolute Gasteiger partial charge is 0.151 e. The summed E-state index contributed by atoms with van der Waals surface area (Å²) in [6.45, 7) is 5.19. The van der Waals surface area contributed by atoms with Crippen molar-refractivity contribution >= 4 is 18.0 Å². The lowest BCUT2D eigenvalue weighted by atomic mass is 10.2. The van der Waals surface area contributed by atoms with Crippen LogP contribution in [0.3, 0.4) is 0 Å². The quantitative estimate of drug-likeness (QED) is 0.735. The molecule has 1 fully saturated rings. The summed E-state index contributed by atoms with van der Waals surface area (Å²) in [6.07, 6.45) is 3.62. The van der Waals surface area contributed by atoms with Gasteiger partial charge >= 0.3 is 0 Å². The van der Waals surface area contributed by atoms with Crippen molar-refractivity contribution in [2.75, 3.05) is 5.75 Å². The van der Waals surface area contributed by atoms with Crippen molar-refractivity contribution in [2.45, 2.75) is 38.5 Å². The van der Waals surface area contributed by atoms with Crippen molar-refractivity contribution < 1.29 is 4.79 Å². The SMILES string of the molecule is Cc1cc(C=O)c(C)n1CC1CCCS1. The molecule has 1 aliphatic rings. The third-order valence-corrected chi connectivity index (χ3v) is 4.53. The van der Waals surface area contributed by atoms with Crippen LogP contribution in [0.1, 0.15) is 34.6 Å². The van der Waals surface area contributed by atoms with Gasteiger partial charge in [-0.15, -0.1) is 0 Å². The molecule has 15 heavy (non-hydrogen) atoms. The monoisotopic (exact) mass is 223 g/mol. The molecule has 0 saturated carbocycles. The Bertz CT molecular complexity index is 364. The van der Waals surface area contributed by atoms with E-state index >= 15 is 0 Å². The van der Waals surface area contributed by atoms with Crippen LogP contribution in [0.2, 0.25) is 0 Å². The summed E-state index contributed by atoms with van der Waals surface area (Å²) in [5.41, 5.74) is 3.17. The van der Waals surface area contributed by atoms with Crippen LogP contribution >= 0.6 is 11.8 Å². The minimum atomic E-state index is 0.745.